The van der Waals surface area contributed by atoms with Gasteiger partial charge in [0.05, 0.1) is 93.5 Å². The summed E-state index contributed by atoms with van der Waals surface area (Å²) in [6, 6.07) is 15.7. The number of aromatic nitrogens is 1. The van der Waals surface area contributed by atoms with Gasteiger partial charge in [0.25, 0.3) is 11.8 Å². The van der Waals surface area contributed by atoms with Gasteiger partial charge in [-0.3, -0.25) is 38.5 Å². The summed E-state index contributed by atoms with van der Waals surface area (Å²) < 4.78 is 23.0. The van der Waals surface area contributed by atoms with Crippen LogP contribution in [0.25, 0.3) is 0 Å². The number of methoxy groups -OCH3 is 2. The third kappa shape index (κ3) is 23.5. The minimum Gasteiger partial charge on any atom is -0.379 e. The van der Waals surface area contributed by atoms with Crippen molar-refractivity contribution < 1.29 is 52.6 Å². The summed E-state index contributed by atoms with van der Waals surface area (Å²) in [7, 11) is 6.84. The van der Waals surface area contributed by atoms with Crippen molar-refractivity contribution in [3.05, 3.63) is 87.9 Å². The molecule has 0 spiro atoms. The van der Waals surface area contributed by atoms with E-state index in [0.29, 0.717) is 37.4 Å². The Morgan fingerprint density at radius 1 is 0.823 bits per heavy atom. The molecule has 79 heavy (non-hydrogen) atoms. The second-order valence-electron chi connectivity index (χ2n) is 19.6. The largest absolute Gasteiger partial charge is 0.379 e. The van der Waals surface area contributed by atoms with Gasteiger partial charge in [0.2, 0.25) is 24.1 Å². The van der Waals surface area contributed by atoms with Gasteiger partial charge in [-0.05, 0) is 61.8 Å². The standard InChI is InChI=1S/C41H67N5O10.C12H12N2OS.C3H8.2C2H6/c1-11-29(6)37(33(52-9)25-34(47)45-18-14-17-32(45)38(53-10)28(4)5)44(8)35(48)26-42-39(49)36(27(2)3)43(7)19-20-54-21-22-55-23-24-56-46-40(50)30-15-12-13-16-31(30)41(46)51;15-9-14-11(12-13-6-7-16-12)8-10-4-2-1-3-5-10;1-3-2;2*1-2/h12-13,15-16,27-29,32-33,36-38H,11,14,17-26H2,1-10H3,(H,42,49);1-7,9,11H,8H2,(H,14,15);3H2,1-2H3;2*1-2H3. The first-order valence-electron chi connectivity index (χ1n) is 28.5. The third-order valence-corrected chi connectivity index (χ3v) is 14.2. The van der Waals surface area contributed by atoms with Crippen molar-refractivity contribution in [2.45, 2.75) is 158 Å². The summed E-state index contributed by atoms with van der Waals surface area (Å²) in [5, 5.41) is 9.28. The molecule has 1 saturated heterocycles. The van der Waals surface area contributed by atoms with Crippen LogP contribution in [0.5, 0.6) is 0 Å². The van der Waals surface area contributed by atoms with E-state index < -0.39 is 24.0 Å². The van der Waals surface area contributed by atoms with E-state index in [0.717, 1.165) is 42.2 Å². The number of carbonyl (C=O) groups excluding carboxylic acids is 6. The van der Waals surface area contributed by atoms with Gasteiger partial charge >= 0.3 is 0 Å². The van der Waals surface area contributed by atoms with Crippen LogP contribution in [0.4, 0.5) is 0 Å². The molecular weight excluding hydrogens is 1030 g/mol. The normalized spacial score (nSPS) is 15.9. The predicted molar refractivity (Wildman–Crippen MR) is 313 cm³/mol. The highest BCUT2D eigenvalue weighted by Gasteiger charge is 2.40. The van der Waals surface area contributed by atoms with Crippen LogP contribution in [-0.2, 0) is 49.4 Å². The van der Waals surface area contributed by atoms with Gasteiger partial charge in [-0.2, -0.15) is 0 Å². The minimum atomic E-state index is -0.526. The Kier molecular flexibility index (Phi) is 37.2. The van der Waals surface area contributed by atoms with Crippen molar-refractivity contribution in [2.75, 3.05) is 81.0 Å². The number of nitrogens with zero attached hydrogens (tertiary/aromatic N) is 5. The van der Waals surface area contributed by atoms with Crippen LogP contribution in [-0.4, -0.2) is 172 Å². The summed E-state index contributed by atoms with van der Waals surface area (Å²) in [6.07, 6.45) is 6.66. The molecule has 0 radical (unpaired) electrons. The number of hydrogen-bond acceptors (Lipinski definition) is 14. The van der Waals surface area contributed by atoms with Crippen LogP contribution in [0, 0.1) is 17.8 Å². The smallest absolute Gasteiger partial charge is 0.285 e. The highest BCUT2D eigenvalue weighted by molar-refractivity contribution is 7.09. The molecule has 2 aromatic carbocycles. The molecule has 7 atom stereocenters. The van der Waals surface area contributed by atoms with E-state index in [-0.39, 0.29) is 92.5 Å². The van der Waals surface area contributed by atoms with Gasteiger partial charge in [-0.15, -0.1) is 16.4 Å². The van der Waals surface area contributed by atoms with Crippen LogP contribution in [0.1, 0.15) is 153 Å². The third-order valence-electron chi connectivity index (χ3n) is 13.3. The summed E-state index contributed by atoms with van der Waals surface area (Å²) in [6.45, 7) is 26.5. The number of thiazole rings is 1. The molecule has 3 aromatic rings. The lowest BCUT2D eigenvalue weighted by Gasteiger charge is -2.39. The molecule has 1 fully saturated rings. The Balaban J connectivity index is 0.00000112. The molecule has 3 heterocycles. The van der Waals surface area contributed by atoms with Crippen molar-refractivity contribution in [3.63, 3.8) is 0 Å². The number of benzene rings is 2. The molecule has 6 amide bonds. The van der Waals surface area contributed by atoms with Crippen LogP contribution in [0.2, 0.25) is 0 Å². The number of hydroxylamine groups is 2. The molecule has 2 N–H and O–H groups in total. The van der Waals surface area contributed by atoms with Gasteiger partial charge in [0.1, 0.15) is 5.01 Å². The van der Waals surface area contributed by atoms with E-state index in [1.807, 2.05) is 101 Å². The number of nitrogens with one attached hydrogen (secondary N) is 2. The number of likely N-dealkylation sites (N-methyl/N-ethyl adjacent to an activating group) is 2. The van der Waals surface area contributed by atoms with Gasteiger partial charge in [-0.25, -0.2) is 4.98 Å². The maximum atomic E-state index is 13.7. The average Bonchev–Trinajstić information content (AvgIpc) is 4.26. The fourth-order valence-electron chi connectivity index (χ4n) is 9.46. The van der Waals surface area contributed by atoms with Crippen LogP contribution in [0.3, 0.4) is 0 Å². The minimum absolute atomic E-state index is 0.00395. The lowest BCUT2D eigenvalue weighted by atomic mass is 9.90. The molecule has 19 heteroatoms. The number of amides is 6. The monoisotopic (exact) mass is 1130 g/mol. The average molecular weight is 1130 g/mol. The van der Waals surface area contributed by atoms with E-state index in [2.05, 4.69) is 50.2 Å². The second kappa shape index (κ2) is 40.9. The molecule has 7 unspecified atom stereocenters. The quantitative estimate of drug-likeness (QED) is 0.0365. The number of fused-ring (bicyclic) bond motifs is 1. The van der Waals surface area contributed by atoms with Gasteiger partial charge in [-0.1, -0.05) is 138 Å². The lowest BCUT2D eigenvalue weighted by molar-refractivity contribution is -0.144. The Bertz CT molecular complexity index is 2120. The number of hydrogen-bond donors (Lipinski definition) is 2. The van der Waals surface area contributed by atoms with Crippen molar-refractivity contribution in [1.82, 2.24) is 35.4 Å². The summed E-state index contributed by atoms with van der Waals surface area (Å²) >= 11 is 1.56. The maximum absolute atomic E-state index is 13.7. The fourth-order valence-corrected chi connectivity index (χ4v) is 10.2. The van der Waals surface area contributed by atoms with E-state index >= 15 is 0 Å². The lowest BCUT2D eigenvalue weighted by Crippen LogP contribution is -2.55. The molecule has 1 aromatic heterocycles. The number of imide groups is 1. The molecule has 18 nitrogen and oxygen atoms in total. The topological polar surface area (TPSA) is 198 Å². The van der Waals surface area contributed by atoms with E-state index in [1.165, 1.54) is 12.0 Å². The molecule has 0 aliphatic carbocycles. The molecule has 2 aliphatic rings. The number of likely N-dealkylation sites (tertiary alicyclic amines) is 1. The fraction of sp³-hybridized carbons (Fsp3) is 0.650. The van der Waals surface area contributed by atoms with Gasteiger partial charge < -0.3 is 39.4 Å². The van der Waals surface area contributed by atoms with Crippen molar-refractivity contribution in [2.24, 2.45) is 17.8 Å². The number of rotatable bonds is 30. The Labute approximate surface area is 477 Å². The number of carbonyl (C=O) groups is 6. The highest BCUT2D eigenvalue weighted by atomic mass is 32.1. The highest BCUT2D eigenvalue weighted by Crippen LogP contribution is 2.29. The zero-order chi connectivity index (χ0) is 59.5. The summed E-state index contributed by atoms with van der Waals surface area (Å²) in [5.74, 6) is -1.26. The van der Waals surface area contributed by atoms with Crippen LogP contribution < -0.4 is 10.6 Å². The number of ether oxygens (including phenoxy) is 4. The molecular formula is C60H99N7O11S. The van der Waals surface area contributed by atoms with Crippen LogP contribution in [0.15, 0.2) is 66.2 Å². The molecule has 446 valence electrons. The van der Waals surface area contributed by atoms with Gasteiger partial charge in [0.15, 0.2) is 0 Å². The SMILES string of the molecule is CC.CC.CCC.CCC(C)C(C(CC(=O)N1CCCC1C(OC)C(C)C)OC)N(C)C(=O)CNC(=O)C(C(C)C)N(C)CCOCCOCCON1C(=O)c2ccccc2C1=O.O=CNC(Cc1ccccc1)c1nccs1. The Morgan fingerprint density at radius 3 is 1.92 bits per heavy atom. The summed E-state index contributed by atoms with van der Waals surface area (Å²) in [4.78, 5) is 91.2. The van der Waals surface area contributed by atoms with Gasteiger partial charge in [0, 0.05) is 45.9 Å². The summed E-state index contributed by atoms with van der Waals surface area (Å²) in [5.41, 5.74) is 1.82. The molecule has 0 saturated carbocycles. The molecule has 2 aliphatic heterocycles. The van der Waals surface area contributed by atoms with E-state index in [4.69, 9.17) is 23.8 Å². The molecule has 5 rings (SSSR count). The van der Waals surface area contributed by atoms with Crippen LogP contribution >= 0.6 is 11.3 Å². The van der Waals surface area contributed by atoms with Crippen molar-refractivity contribution >= 4 is 47.3 Å². The molecule has 0 bridgehead atoms. The first-order valence-corrected chi connectivity index (χ1v) is 29.4. The first-order chi connectivity index (χ1) is 38.0. The second-order valence-corrected chi connectivity index (χ2v) is 20.5. The zero-order valence-electron chi connectivity index (χ0n) is 50.7. The Hall–Kier alpha value is -5.15. The maximum Gasteiger partial charge on any atom is 0.285 e. The first kappa shape index (κ1) is 71.9. The van der Waals surface area contributed by atoms with Crippen molar-refractivity contribution in [3.8, 4) is 0 Å². The van der Waals surface area contributed by atoms with E-state index in [9.17, 15) is 28.8 Å². The Morgan fingerprint density at radius 2 is 1.41 bits per heavy atom. The predicted octanol–water partition coefficient (Wildman–Crippen LogP) is 8.90. The van der Waals surface area contributed by atoms with Crippen molar-refractivity contribution in [1.29, 1.82) is 0 Å². The zero-order valence-corrected chi connectivity index (χ0v) is 51.5. The van der Waals surface area contributed by atoms with E-state index in [1.54, 1.807) is 68.0 Å².